The summed E-state index contributed by atoms with van der Waals surface area (Å²) in [6.07, 6.45) is 6.79. The van der Waals surface area contributed by atoms with Gasteiger partial charge in [0.05, 0.1) is 6.04 Å². The van der Waals surface area contributed by atoms with Gasteiger partial charge >= 0.3 is 5.97 Å². The van der Waals surface area contributed by atoms with Gasteiger partial charge in [-0.1, -0.05) is 18.2 Å². The van der Waals surface area contributed by atoms with Crippen LogP contribution in [-0.4, -0.2) is 35.0 Å². The fourth-order valence-electron chi connectivity index (χ4n) is 2.07. The Kier molecular flexibility index (Phi) is 2.30. The number of hydrogen-bond acceptors (Lipinski definition) is 3. The number of hydrogen-bond donors (Lipinski definition) is 2. The first-order chi connectivity index (χ1) is 7.50. The molecule has 0 aromatic heterocycles. The molecule has 1 amide bonds. The zero-order valence-corrected chi connectivity index (χ0v) is 8.75. The van der Waals surface area contributed by atoms with E-state index >= 15 is 0 Å². The topological polar surface area (TPSA) is 83.6 Å². The number of likely N-dealkylation sites (N-methyl/N-ethyl adjacent to an activating group) is 1. The van der Waals surface area contributed by atoms with E-state index in [9.17, 15) is 9.59 Å². The molecule has 16 heavy (non-hydrogen) atoms. The van der Waals surface area contributed by atoms with Crippen molar-refractivity contribution in [3.8, 4) is 0 Å². The smallest absolute Gasteiger partial charge is 0.351 e. The van der Waals surface area contributed by atoms with Crippen LogP contribution in [0.1, 0.15) is 0 Å². The second kappa shape index (κ2) is 3.52. The minimum absolute atomic E-state index is 0.0331. The number of primary amides is 1. The van der Waals surface area contributed by atoms with Crippen LogP contribution in [-0.2, 0) is 9.59 Å². The number of carbonyl (C=O) groups is 2. The Bertz CT molecular complexity index is 448. The average Bonchev–Trinajstić information content (AvgIpc) is 2.55. The van der Waals surface area contributed by atoms with Crippen molar-refractivity contribution in [3.63, 3.8) is 0 Å². The Labute approximate surface area is 92.5 Å². The summed E-state index contributed by atoms with van der Waals surface area (Å²) in [5.41, 5.74) is 5.85. The summed E-state index contributed by atoms with van der Waals surface area (Å²) >= 11 is 0. The molecule has 0 fully saturated rings. The van der Waals surface area contributed by atoms with Crippen LogP contribution in [0.5, 0.6) is 0 Å². The number of nitrogens with zero attached hydrogens (tertiary/aromatic N) is 1. The van der Waals surface area contributed by atoms with E-state index in [0.717, 1.165) is 0 Å². The molecule has 1 aliphatic carbocycles. The Morgan fingerprint density at radius 1 is 1.44 bits per heavy atom. The van der Waals surface area contributed by atoms with Gasteiger partial charge in [0.25, 0.3) is 0 Å². The van der Waals surface area contributed by atoms with Crippen LogP contribution in [0.3, 0.4) is 0 Å². The van der Waals surface area contributed by atoms with Gasteiger partial charge in [0.1, 0.15) is 5.70 Å². The molecule has 2 aliphatic rings. The maximum Gasteiger partial charge on any atom is 0.351 e. The maximum atomic E-state index is 11.0. The van der Waals surface area contributed by atoms with Crippen molar-refractivity contribution in [2.24, 2.45) is 11.7 Å². The van der Waals surface area contributed by atoms with Gasteiger partial charge < -0.3 is 15.7 Å². The van der Waals surface area contributed by atoms with Crippen molar-refractivity contribution in [2.45, 2.75) is 6.04 Å². The van der Waals surface area contributed by atoms with Gasteiger partial charge in [-0.3, -0.25) is 4.79 Å². The van der Waals surface area contributed by atoms with Gasteiger partial charge in [-0.2, -0.15) is 0 Å². The van der Waals surface area contributed by atoms with E-state index in [4.69, 9.17) is 10.8 Å². The van der Waals surface area contributed by atoms with E-state index in [2.05, 4.69) is 0 Å². The van der Waals surface area contributed by atoms with Crippen molar-refractivity contribution in [2.75, 3.05) is 7.05 Å². The summed E-state index contributed by atoms with van der Waals surface area (Å²) in [5.74, 6) is -1.54. The Morgan fingerprint density at radius 2 is 2.12 bits per heavy atom. The molecule has 0 aromatic rings. The molecule has 2 atom stereocenters. The second-order valence-corrected chi connectivity index (χ2v) is 3.88. The molecule has 0 saturated carbocycles. The molecule has 84 valence electrons. The first-order valence-electron chi connectivity index (χ1n) is 4.88. The molecule has 1 heterocycles. The summed E-state index contributed by atoms with van der Waals surface area (Å²) < 4.78 is 0. The number of carbonyl (C=O) groups excluding carboxylic acids is 1. The summed E-state index contributed by atoms with van der Waals surface area (Å²) in [4.78, 5) is 23.6. The van der Waals surface area contributed by atoms with Crippen molar-refractivity contribution in [3.05, 3.63) is 35.6 Å². The third kappa shape index (κ3) is 1.50. The molecule has 2 unspecified atom stereocenters. The minimum atomic E-state index is -0.959. The number of fused-ring (bicyclic) bond motifs is 1. The largest absolute Gasteiger partial charge is 0.477 e. The van der Waals surface area contributed by atoms with Crippen LogP contribution in [0.15, 0.2) is 35.6 Å². The van der Waals surface area contributed by atoms with Crippen LogP contribution in [0.2, 0.25) is 0 Å². The molecule has 0 spiro atoms. The zero-order valence-electron chi connectivity index (χ0n) is 8.75. The van der Waals surface area contributed by atoms with E-state index in [0.29, 0.717) is 5.57 Å². The highest BCUT2D eigenvalue weighted by Crippen LogP contribution is 2.31. The fraction of sp³-hybridized carbons (Fsp3) is 0.273. The van der Waals surface area contributed by atoms with Crippen LogP contribution in [0.25, 0.3) is 0 Å². The first kappa shape index (κ1) is 10.5. The normalized spacial score (nSPS) is 27.2. The SMILES string of the molecule is CN1C(C(=O)O)=CC2C=C(C(N)=O)C=CC21. The monoisotopic (exact) mass is 220 g/mol. The standard InChI is InChI=1S/C11H12N2O3/c1-13-8-3-2-6(10(12)14)4-7(8)5-9(13)11(15)16/h2-5,7-8H,1H3,(H2,12,14)(H,15,16). The highest BCUT2D eigenvalue weighted by molar-refractivity contribution is 5.95. The van der Waals surface area contributed by atoms with Gasteiger partial charge in [0, 0.05) is 18.5 Å². The average molecular weight is 220 g/mol. The Hall–Kier alpha value is -2.04. The van der Waals surface area contributed by atoms with Gasteiger partial charge in [-0.05, 0) is 6.08 Å². The van der Waals surface area contributed by atoms with Gasteiger partial charge in [-0.25, -0.2) is 4.79 Å². The maximum absolute atomic E-state index is 11.0. The summed E-state index contributed by atoms with van der Waals surface area (Å²) in [5, 5.41) is 8.96. The number of amides is 1. The van der Waals surface area contributed by atoms with Crippen molar-refractivity contribution in [1.82, 2.24) is 4.90 Å². The van der Waals surface area contributed by atoms with E-state index in [1.54, 1.807) is 36.3 Å². The van der Waals surface area contributed by atoms with Gasteiger partial charge in [-0.15, -0.1) is 0 Å². The number of nitrogens with two attached hydrogens (primary N) is 1. The summed E-state index contributed by atoms with van der Waals surface area (Å²) in [6, 6.07) is -0.0331. The lowest BCUT2D eigenvalue weighted by Crippen LogP contribution is -2.32. The predicted molar refractivity (Wildman–Crippen MR) is 57.2 cm³/mol. The number of carboxylic acid groups (broad SMARTS) is 1. The predicted octanol–water partition coefficient (Wildman–Crippen LogP) is -0.133. The molecule has 3 N–H and O–H groups in total. The fourth-order valence-corrected chi connectivity index (χ4v) is 2.07. The number of carboxylic acids is 1. The molecule has 0 bridgehead atoms. The molecule has 5 heteroatoms. The lowest BCUT2D eigenvalue weighted by Gasteiger charge is -2.26. The highest BCUT2D eigenvalue weighted by Gasteiger charge is 2.34. The van der Waals surface area contributed by atoms with Crippen molar-refractivity contribution in [1.29, 1.82) is 0 Å². The minimum Gasteiger partial charge on any atom is -0.477 e. The molecule has 2 rings (SSSR count). The lowest BCUT2D eigenvalue weighted by molar-refractivity contribution is -0.134. The van der Waals surface area contributed by atoms with E-state index in [1.807, 2.05) is 0 Å². The number of aliphatic carboxylic acids is 1. The summed E-state index contributed by atoms with van der Waals surface area (Å²) in [6.45, 7) is 0. The van der Waals surface area contributed by atoms with Crippen LogP contribution < -0.4 is 5.73 Å². The third-order valence-corrected chi connectivity index (χ3v) is 2.92. The molecule has 0 radical (unpaired) electrons. The number of rotatable bonds is 2. The highest BCUT2D eigenvalue weighted by atomic mass is 16.4. The van der Waals surface area contributed by atoms with E-state index in [1.165, 1.54) is 0 Å². The van der Waals surface area contributed by atoms with Crippen LogP contribution >= 0.6 is 0 Å². The molecular weight excluding hydrogens is 208 g/mol. The van der Waals surface area contributed by atoms with E-state index in [-0.39, 0.29) is 17.7 Å². The Morgan fingerprint density at radius 3 is 2.69 bits per heavy atom. The van der Waals surface area contributed by atoms with Crippen LogP contribution in [0.4, 0.5) is 0 Å². The molecule has 5 nitrogen and oxygen atoms in total. The van der Waals surface area contributed by atoms with Crippen molar-refractivity contribution < 1.29 is 14.7 Å². The quantitative estimate of drug-likeness (QED) is 0.678. The second-order valence-electron chi connectivity index (χ2n) is 3.88. The lowest BCUT2D eigenvalue weighted by atomic mass is 9.93. The molecular formula is C11H12N2O3. The van der Waals surface area contributed by atoms with Gasteiger partial charge in [0.15, 0.2) is 0 Å². The molecule has 0 aromatic carbocycles. The Balaban J connectivity index is 2.32. The third-order valence-electron chi connectivity index (χ3n) is 2.92. The zero-order chi connectivity index (χ0) is 11.9. The van der Waals surface area contributed by atoms with Gasteiger partial charge in [0.2, 0.25) is 5.91 Å². The molecule has 1 aliphatic heterocycles. The van der Waals surface area contributed by atoms with Crippen LogP contribution in [0, 0.1) is 5.92 Å². The van der Waals surface area contributed by atoms with E-state index < -0.39 is 11.9 Å². The molecule has 0 saturated heterocycles. The first-order valence-corrected chi connectivity index (χ1v) is 4.88. The summed E-state index contributed by atoms with van der Waals surface area (Å²) in [7, 11) is 1.72. The van der Waals surface area contributed by atoms with Crippen molar-refractivity contribution >= 4 is 11.9 Å².